The molecule has 2 unspecified atom stereocenters. The van der Waals surface area contributed by atoms with E-state index in [4.69, 9.17) is 4.42 Å². The van der Waals surface area contributed by atoms with Crippen LogP contribution in [0, 0.1) is 0 Å². The van der Waals surface area contributed by atoms with E-state index in [0.29, 0.717) is 22.8 Å². The molecule has 0 spiro atoms. The fourth-order valence-electron chi connectivity index (χ4n) is 3.49. The second kappa shape index (κ2) is 9.04. The third-order valence-electron chi connectivity index (χ3n) is 5.04. The van der Waals surface area contributed by atoms with Gasteiger partial charge in [0.15, 0.2) is 5.76 Å². The van der Waals surface area contributed by atoms with Gasteiger partial charge in [-0.15, -0.1) is 12.4 Å². The van der Waals surface area contributed by atoms with Crippen LogP contribution in [0.25, 0.3) is 22.8 Å². The number of halogens is 1. The molecule has 0 bridgehead atoms. The Morgan fingerprint density at radius 3 is 2.68 bits per heavy atom. The van der Waals surface area contributed by atoms with Crippen molar-refractivity contribution in [2.45, 2.75) is 31.8 Å². The van der Waals surface area contributed by atoms with Gasteiger partial charge in [-0.1, -0.05) is 42.5 Å². The number of benzene rings is 2. The van der Waals surface area contributed by atoms with Gasteiger partial charge in [-0.25, -0.2) is 4.98 Å². The first-order valence-electron chi connectivity index (χ1n) is 9.37. The van der Waals surface area contributed by atoms with E-state index in [2.05, 4.69) is 22.5 Å². The third kappa shape index (κ3) is 4.26. The predicted molar refractivity (Wildman–Crippen MR) is 113 cm³/mol. The molecule has 1 fully saturated rings. The summed E-state index contributed by atoms with van der Waals surface area (Å²) in [5.41, 5.74) is 2.24. The zero-order valence-corrected chi connectivity index (χ0v) is 16.5. The number of aromatic nitrogens is 1. The lowest BCUT2D eigenvalue weighted by Gasteiger charge is -2.30. The molecule has 1 aliphatic heterocycles. The molecule has 2 N–H and O–H groups in total. The molecule has 1 saturated heterocycles. The first kappa shape index (κ1) is 20.1. The number of oxazole rings is 1. The van der Waals surface area contributed by atoms with Crippen molar-refractivity contribution in [3.05, 3.63) is 66.4 Å². The Bertz CT molecular complexity index is 926. The molecule has 1 aliphatic rings. The maximum Gasteiger partial charge on any atom is 0.252 e. The van der Waals surface area contributed by atoms with Gasteiger partial charge in [0.1, 0.15) is 0 Å². The van der Waals surface area contributed by atoms with E-state index in [-0.39, 0.29) is 30.4 Å². The molecule has 2 atom stereocenters. The molecule has 0 radical (unpaired) electrons. The van der Waals surface area contributed by atoms with Crippen molar-refractivity contribution in [2.75, 3.05) is 6.54 Å². The van der Waals surface area contributed by atoms with E-state index >= 15 is 0 Å². The summed E-state index contributed by atoms with van der Waals surface area (Å²) in [4.78, 5) is 17.3. The summed E-state index contributed by atoms with van der Waals surface area (Å²) in [7, 11) is 0. The van der Waals surface area contributed by atoms with Crippen molar-refractivity contribution < 1.29 is 9.21 Å². The van der Waals surface area contributed by atoms with Crippen molar-refractivity contribution in [3.63, 3.8) is 0 Å². The first-order chi connectivity index (χ1) is 13.2. The smallest absolute Gasteiger partial charge is 0.252 e. The highest BCUT2D eigenvalue weighted by Crippen LogP contribution is 2.28. The van der Waals surface area contributed by atoms with Crippen LogP contribution in [0.1, 0.15) is 30.1 Å². The third-order valence-corrected chi connectivity index (χ3v) is 5.04. The largest absolute Gasteiger partial charge is 0.436 e. The van der Waals surface area contributed by atoms with Crippen molar-refractivity contribution in [1.82, 2.24) is 15.6 Å². The lowest BCUT2D eigenvalue weighted by Crippen LogP contribution is -2.51. The molecular formula is C22H24ClN3O2. The number of carbonyl (C=O) groups excluding carboxylic acids is 1. The Morgan fingerprint density at radius 2 is 1.89 bits per heavy atom. The summed E-state index contributed by atoms with van der Waals surface area (Å²) < 4.78 is 5.95. The predicted octanol–water partition coefficient (Wildman–Crippen LogP) is 4.30. The Labute approximate surface area is 171 Å². The van der Waals surface area contributed by atoms with Gasteiger partial charge in [-0.2, -0.15) is 0 Å². The van der Waals surface area contributed by atoms with Crippen LogP contribution in [0.3, 0.4) is 0 Å². The van der Waals surface area contributed by atoms with E-state index in [1.54, 1.807) is 6.20 Å². The molecular weight excluding hydrogens is 374 g/mol. The van der Waals surface area contributed by atoms with Gasteiger partial charge in [0.25, 0.3) is 5.91 Å². The fourth-order valence-corrected chi connectivity index (χ4v) is 3.49. The quantitative estimate of drug-likeness (QED) is 0.688. The SMILES string of the molecule is CC1NCCCC1NC(=O)c1ccccc1-c1ncc(-c2ccccc2)o1.Cl. The van der Waals surface area contributed by atoms with Crippen molar-refractivity contribution in [1.29, 1.82) is 0 Å². The van der Waals surface area contributed by atoms with Crippen LogP contribution in [0.4, 0.5) is 0 Å². The standard InChI is InChI=1S/C22H23N3O2.ClH/c1-15-19(12-7-13-23-15)25-21(26)17-10-5-6-11-18(17)22-24-14-20(27-22)16-8-3-2-4-9-16;/h2-6,8-11,14-15,19,23H,7,12-13H2,1H3,(H,25,26);1H. The Kier molecular flexibility index (Phi) is 6.49. The minimum atomic E-state index is -0.0920. The molecule has 5 nitrogen and oxygen atoms in total. The molecule has 3 aromatic rings. The molecule has 146 valence electrons. The Balaban J connectivity index is 0.00000225. The van der Waals surface area contributed by atoms with Gasteiger partial charge in [0, 0.05) is 23.2 Å². The number of piperidine rings is 1. The lowest BCUT2D eigenvalue weighted by molar-refractivity contribution is 0.0920. The summed E-state index contributed by atoms with van der Waals surface area (Å²) in [6.45, 7) is 3.11. The van der Waals surface area contributed by atoms with E-state index in [1.165, 1.54) is 0 Å². The number of rotatable bonds is 4. The average molecular weight is 398 g/mol. The highest BCUT2D eigenvalue weighted by molar-refractivity contribution is 6.00. The number of amides is 1. The van der Waals surface area contributed by atoms with Gasteiger partial charge in [0.05, 0.1) is 11.8 Å². The van der Waals surface area contributed by atoms with Crippen LogP contribution in [0.5, 0.6) is 0 Å². The van der Waals surface area contributed by atoms with Crippen LogP contribution >= 0.6 is 12.4 Å². The summed E-state index contributed by atoms with van der Waals surface area (Å²) in [6, 6.07) is 17.7. The molecule has 0 saturated carbocycles. The highest BCUT2D eigenvalue weighted by Gasteiger charge is 2.24. The van der Waals surface area contributed by atoms with Crippen LogP contribution in [0.15, 0.2) is 65.2 Å². The van der Waals surface area contributed by atoms with E-state index < -0.39 is 0 Å². The maximum atomic E-state index is 12.9. The Hall–Kier alpha value is -2.63. The molecule has 6 heteroatoms. The van der Waals surface area contributed by atoms with Gasteiger partial charge in [-0.3, -0.25) is 4.79 Å². The summed E-state index contributed by atoms with van der Waals surface area (Å²) >= 11 is 0. The minimum absolute atomic E-state index is 0. The van der Waals surface area contributed by atoms with E-state index in [0.717, 1.165) is 24.9 Å². The number of hydrogen-bond acceptors (Lipinski definition) is 4. The van der Waals surface area contributed by atoms with Crippen molar-refractivity contribution in [2.24, 2.45) is 0 Å². The second-order valence-electron chi connectivity index (χ2n) is 6.91. The minimum Gasteiger partial charge on any atom is -0.436 e. The normalized spacial score (nSPS) is 18.9. The number of nitrogens with one attached hydrogen (secondary N) is 2. The van der Waals surface area contributed by atoms with Gasteiger partial charge in [0.2, 0.25) is 5.89 Å². The highest BCUT2D eigenvalue weighted by atomic mass is 35.5. The number of nitrogens with zero attached hydrogens (tertiary/aromatic N) is 1. The molecule has 1 aromatic heterocycles. The lowest BCUT2D eigenvalue weighted by atomic mass is 9.98. The monoisotopic (exact) mass is 397 g/mol. The van der Waals surface area contributed by atoms with Crippen molar-refractivity contribution >= 4 is 18.3 Å². The molecule has 4 rings (SSSR count). The molecule has 1 amide bonds. The molecule has 28 heavy (non-hydrogen) atoms. The Morgan fingerprint density at radius 1 is 1.14 bits per heavy atom. The van der Waals surface area contributed by atoms with Crippen LogP contribution in [-0.2, 0) is 0 Å². The second-order valence-corrected chi connectivity index (χ2v) is 6.91. The van der Waals surface area contributed by atoms with Crippen LogP contribution in [0.2, 0.25) is 0 Å². The molecule has 2 heterocycles. The fraction of sp³-hybridized carbons (Fsp3) is 0.273. The average Bonchev–Trinajstić information content (AvgIpc) is 3.20. The van der Waals surface area contributed by atoms with Gasteiger partial charge >= 0.3 is 0 Å². The van der Waals surface area contributed by atoms with Gasteiger partial charge in [-0.05, 0) is 38.4 Å². The van der Waals surface area contributed by atoms with E-state index in [1.807, 2.05) is 54.6 Å². The zero-order valence-electron chi connectivity index (χ0n) is 15.7. The number of hydrogen-bond donors (Lipinski definition) is 2. The number of carbonyl (C=O) groups is 1. The maximum absolute atomic E-state index is 12.9. The summed E-state index contributed by atoms with van der Waals surface area (Å²) in [5.74, 6) is 1.05. The summed E-state index contributed by atoms with van der Waals surface area (Å²) in [5, 5.41) is 6.57. The topological polar surface area (TPSA) is 67.2 Å². The molecule has 0 aliphatic carbocycles. The first-order valence-corrected chi connectivity index (χ1v) is 9.37. The summed E-state index contributed by atoms with van der Waals surface area (Å²) in [6.07, 6.45) is 3.75. The molecule has 2 aromatic carbocycles. The van der Waals surface area contributed by atoms with Crippen LogP contribution < -0.4 is 10.6 Å². The van der Waals surface area contributed by atoms with E-state index in [9.17, 15) is 4.79 Å². The van der Waals surface area contributed by atoms with Crippen molar-refractivity contribution in [3.8, 4) is 22.8 Å². The zero-order chi connectivity index (χ0) is 18.6. The van der Waals surface area contributed by atoms with Gasteiger partial charge < -0.3 is 15.1 Å². The van der Waals surface area contributed by atoms with Crippen LogP contribution in [-0.4, -0.2) is 29.5 Å².